The van der Waals surface area contributed by atoms with E-state index in [0.717, 1.165) is 97.1 Å². The average Bonchev–Trinajstić information content (AvgIpc) is 2.88. The Bertz CT molecular complexity index is 1240. The van der Waals surface area contributed by atoms with E-state index in [2.05, 4.69) is 0 Å². The van der Waals surface area contributed by atoms with Crippen LogP contribution in [0.25, 0.3) is 0 Å². The molecule has 0 heterocycles. The van der Waals surface area contributed by atoms with Gasteiger partial charge in [0.15, 0.2) is 0 Å². The molecule has 0 amide bonds. The first-order chi connectivity index (χ1) is 18.8. The first-order valence-corrected chi connectivity index (χ1v) is 17.3. The van der Waals surface area contributed by atoms with E-state index in [0.29, 0.717) is 0 Å². The van der Waals surface area contributed by atoms with E-state index in [-0.39, 0.29) is 14.3 Å². The number of hydrogen-bond acceptors (Lipinski definition) is 0. The number of alkyl halides is 12. The van der Waals surface area contributed by atoms with E-state index in [1.165, 1.54) is 0 Å². The topological polar surface area (TPSA) is 0 Å². The van der Waals surface area contributed by atoms with Gasteiger partial charge in [0.2, 0.25) is 0 Å². The van der Waals surface area contributed by atoms with Crippen molar-refractivity contribution in [3.8, 4) is 0 Å². The van der Waals surface area contributed by atoms with Crippen LogP contribution in [0, 0.1) is 0 Å². The van der Waals surface area contributed by atoms with Gasteiger partial charge in [0, 0.05) is 0 Å². The molecule has 4 aromatic carbocycles. The molecule has 41 heavy (non-hydrogen) atoms. The zero-order chi connectivity index (χ0) is 30.4. The van der Waals surface area contributed by atoms with Crippen molar-refractivity contribution in [2.45, 2.75) is 24.7 Å². The quantitative estimate of drug-likeness (QED) is 0.157. The van der Waals surface area contributed by atoms with Gasteiger partial charge in [0.05, 0.1) is 0 Å². The predicted octanol–water partition coefficient (Wildman–Crippen LogP) is 7.14. The third-order valence-electron chi connectivity index (χ3n) is 6.58. The van der Waals surface area contributed by atoms with Gasteiger partial charge in [0.1, 0.15) is 0 Å². The number of halogens is 12. The Balaban J connectivity index is 2.09. The second kappa shape index (κ2) is 10.6. The van der Waals surface area contributed by atoms with Crippen molar-refractivity contribution in [1.82, 2.24) is 0 Å². The second-order valence-electron chi connectivity index (χ2n) is 9.05. The van der Waals surface area contributed by atoms with Crippen LogP contribution in [0.5, 0.6) is 0 Å². The Kier molecular flexibility index (Phi) is 7.95. The molecule has 0 radical (unpaired) electrons. The summed E-state index contributed by atoms with van der Waals surface area (Å²) in [5.41, 5.74) is -4.25. The molecule has 0 aliphatic carbocycles. The van der Waals surface area contributed by atoms with Crippen LogP contribution in [0.2, 0.25) is 0 Å². The third-order valence-corrected chi connectivity index (χ3v) is 20.3. The van der Waals surface area contributed by atoms with Crippen molar-refractivity contribution < 1.29 is 52.7 Å². The Morgan fingerprint density at radius 2 is 0.415 bits per heavy atom. The van der Waals surface area contributed by atoms with Crippen LogP contribution in [0.15, 0.2) is 97.1 Å². The van der Waals surface area contributed by atoms with Gasteiger partial charge >= 0.3 is 229 Å². The molecule has 0 atom stereocenters. The molecule has 0 N–H and O–H groups in total. The molecule has 0 aliphatic heterocycles. The summed E-state index contributed by atoms with van der Waals surface area (Å²) in [6.07, 6.45) is -19.0. The normalized spacial score (nSPS) is 13.4. The molecule has 0 unspecified atom stereocenters. The predicted molar refractivity (Wildman–Crippen MR) is 130 cm³/mol. The van der Waals surface area contributed by atoms with Crippen molar-refractivity contribution in [2.24, 2.45) is 0 Å². The monoisotopic (exact) mass is 700 g/mol. The Labute approximate surface area is 229 Å². The van der Waals surface area contributed by atoms with E-state index in [9.17, 15) is 52.7 Å². The fourth-order valence-corrected chi connectivity index (χ4v) is 18.0. The molecule has 0 fully saturated rings. The number of benzene rings is 4. The summed E-state index contributed by atoms with van der Waals surface area (Å²) in [7, 11) is 0. The zero-order valence-corrected chi connectivity index (χ0v) is 23.1. The average molecular weight is 699 g/mol. The SMILES string of the molecule is FC(F)(F)c1cc[c]([Sn]([c]2ccc(C(F)(F)F)cc2)([c]2ccc(C(F)(F)F)cc2)[c]2ccc(C(F)(F)F)cc2)cc1. The van der Waals surface area contributed by atoms with E-state index in [4.69, 9.17) is 0 Å². The Morgan fingerprint density at radius 1 is 0.268 bits per heavy atom. The minimum atomic E-state index is -5.21. The van der Waals surface area contributed by atoms with Gasteiger partial charge in [-0.1, -0.05) is 0 Å². The van der Waals surface area contributed by atoms with Gasteiger partial charge in [0.25, 0.3) is 0 Å². The van der Waals surface area contributed by atoms with Crippen molar-refractivity contribution in [1.29, 1.82) is 0 Å². The van der Waals surface area contributed by atoms with E-state index >= 15 is 0 Å². The van der Waals surface area contributed by atoms with E-state index < -0.39 is 65.3 Å². The molecular weight excluding hydrogens is 683 g/mol. The molecule has 0 aliphatic rings. The molecule has 0 bridgehead atoms. The van der Waals surface area contributed by atoms with Crippen LogP contribution < -0.4 is 14.3 Å². The standard InChI is InChI=1S/4C7H4F3.Sn/c4*8-7(9,10)6-4-2-1-3-5-6;/h4*2-5H;. The van der Waals surface area contributed by atoms with Crippen LogP contribution >= 0.6 is 0 Å². The molecular formula is C28H16F12Sn. The van der Waals surface area contributed by atoms with Crippen molar-refractivity contribution in [3.63, 3.8) is 0 Å². The molecule has 13 heteroatoms. The fraction of sp³-hybridized carbons (Fsp3) is 0.143. The molecule has 0 aromatic heterocycles. The molecule has 216 valence electrons. The first-order valence-electron chi connectivity index (χ1n) is 11.6. The van der Waals surface area contributed by atoms with Crippen LogP contribution in [-0.4, -0.2) is 18.4 Å². The van der Waals surface area contributed by atoms with E-state index in [1.54, 1.807) is 0 Å². The Hall–Kier alpha value is -3.16. The zero-order valence-electron chi connectivity index (χ0n) is 20.3. The molecule has 0 spiro atoms. The minimum absolute atomic E-state index is 0.159. The summed E-state index contributed by atoms with van der Waals surface area (Å²) in [6, 6.07) is 14.4. The second-order valence-corrected chi connectivity index (χ2v) is 19.9. The van der Waals surface area contributed by atoms with Gasteiger partial charge in [-0.05, 0) is 0 Å². The molecule has 0 nitrogen and oxygen atoms in total. The molecule has 4 rings (SSSR count). The van der Waals surface area contributed by atoms with Gasteiger partial charge in [-0.15, -0.1) is 0 Å². The maximum absolute atomic E-state index is 13.4. The summed E-state index contributed by atoms with van der Waals surface area (Å²) in [5, 5.41) is 0. The fourth-order valence-electron chi connectivity index (χ4n) is 4.64. The summed E-state index contributed by atoms with van der Waals surface area (Å²) in [5.74, 6) is 0. The molecule has 0 saturated carbocycles. The Morgan fingerprint density at radius 3 is 0.537 bits per heavy atom. The summed E-state index contributed by atoms with van der Waals surface area (Å²) < 4.78 is 161. The summed E-state index contributed by atoms with van der Waals surface area (Å²) in [6.45, 7) is 0. The first kappa shape index (κ1) is 30.8. The number of hydrogen-bond donors (Lipinski definition) is 0. The molecule has 0 saturated heterocycles. The van der Waals surface area contributed by atoms with Crippen LogP contribution in [0.4, 0.5) is 52.7 Å². The van der Waals surface area contributed by atoms with Crippen molar-refractivity contribution >= 4 is 32.7 Å². The molecule has 4 aromatic rings. The maximum atomic E-state index is 13.4. The van der Waals surface area contributed by atoms with Crippen molar-refractivity contribution in [3.05, 3.63) is 119 Å². The third kappa shape index (κ3) is 6.21. The van der Waals surface area contributed by atoms with Crippen LogP contribution in [0.1, 0.15) is 22.3 Å². The van der Waals surface area contributed by atoms with E-state index in [1.807, 2.05) is 0 Å². The van der Waals surface area contributed by atoms with Crippen LogP contribution in [-0.2, 0) is 24.7 Å². The van der Waals surface area contributed by atoms with Gasteiger partial charge in [-0.3, -0.25) is 0 Å². The van der Waals surface area contributed by atoms with Crippen LogP contribution in [0.3, 0.4) is 0 Å². The van der Waals surface area contributed by atoms with Gasteiger partial charge in [-0.25, -0.2) is 0 Å². The van der Waals surface area contributed by atoms with Gasteiger partial charge in [-0.2, -0.15) is 0 Å². The summed E-state index contributed by atoms with van der Waals surface area (Å²) in [4.78, 5) is 0. The van der Waals surface area contributed by atoms with Gasteiger partial charge < -0.3 is 0 Å². The number of rotatable bonds is 4. The summed E-state index contributed by atoms with van der Waals surface area (Å²) >= 11 is -5.21. The van der Waals surface area contributed by atoms with Crippen molar-refractivity contribution in [2.75, 3.05) is 0 Å².